The second kappa shape index (κ2) is 10.6. The molecule has 6 nitrogen and oxygen atoms in total. The zero-order chi connectivity index (χ0) is 20.4. The summed E-state index contributed by atoms with van der Waals surface area (Å²) in [6.45, 7) is 4.75. The van der Waals surface area contributed by atoms with Crippen LogP contribution in [0.2, 0.25) is 0 Å². The van der Waals surface area contributed by atoms with Gasteiger partial charge in [0.15, 0.2) is 5.96 Å². The number of guanidine groups is 1. The van der Waals surface area contributed by atoms with E-state index in [1.165, 1.54) is 31.2 Å². The molecule has 1 saturated carbocycles. The number of carbonyl (C=O) groups is 1. The molecule has 0 saturated heterocycles. The predicted molar refractivity (Wildman–Crippen MR) is 117 cm³/mol. The zero-order valence-corrected chi connectivity index (χ0v) is 17.2. The van der Waals surface area contributed by atoms with E-state index in [1.807, 2.05) is 0 Å². The second-order valence-electron chi connectivity index (χ2n) is 7.47. The monoisotopic (exact) mass is 393 g/mol. The lowest BCUT2D eigenvalue weighted by atomic mass is 9.79. The van der Waals surface area contributed by atoms with Gasteiger partial charge < -0.3 is 16.0 Å². The number of amides is 1. The summed E-state index contributed by atoms with van der Waals surface area (Å²) in [5.74, 6) is 0.682. The van der Waals surface area contributed by atoms with E-state index >= 15 is 0 Å². The normalized spacial score (nSPS) is 15.7. The highest BCUT2D eigenvalue weighted by molar-refractivity contribution is 5.93. The van der Waals surface area contributed by atoms with Crippen molar-refractivity contribution in [2.45, 2.75) is 38.0 Å². The molecule has 0 radical (unpaired) electrons. The van der Waals surface area contributed by atoms with Crippen LogP contribution in [0, 0.1) is 0 Å². The van der Waals surface area contributed by atoms with Crippen LogP contribution in [0.25, 0.3) is 0 Å². The summed E-state index contributed by atoms with van der Waals surface area (Å²) in [6.07, 6.45) is 8.11. The summed E-state index contributed by atoms with van der Waals surface area (Å²) >= 11 is 0. The third-order valence-corrected chi connectivity index (χ3v) is 5.46. The number of benzene rings is 1. The van der Waals surface area contributed by atoms with E-state index in [-0.39, 0.29) is 11.3 Å². The molecule has 0 atom stereocenters. The predicted octanol–water partition coefficient (Wildman–Crippen LogP) is 2.88. The van der Waals surface area contributed by atoms with Crippen molar-refractivity contribution in [2.24, 2.45) is 4.99 Å². The molecule has 0 aliphatic heterocycles. The van der Waals surface area contributed by atoms with Crippen LogP contribution in [0.4, 0.5) is 0 Å². The number of nitrogens with one attached hydrogen (secondary N) is 3. The van der Waals surface area contributed by atoms with Crippen molar-refractivity contribution in [3.05, 3.63) is 66.0 Å². The highest BCUT2D eigenvalue weighted by Gasteiger charge is 2.35. The van der Waals surface area contributed by atoms with Gasteiger partial charge >= 0.3 is 0 Å². The van der Waals surface area contributed by atoms with Crippen molar-refractivity contribution in [3.63, 3.8) is 0 Å². The maximum absolute atomic E-state index is 12.1. The lowest BCUT2D eigenvalue weighted by molar-refractivity contribution is 0.0954. The number of pyridine rings is 1. The van der Waals surface area contributed by atoms with E-state index in [0.29, 0.717) is 18.7 Å². The topological polar surface area (TPSA) is 78.4 Å². The Labute approximate surface area is 173 Å². The van der Waals surface area contributed by atoms with E-state index in [0.717, 1.165) is 19.0 Å². The molecule has 0 bridgehead atoms. The Bertz CT molecular complexity index is 785. The summed E-state index contributed by atoms with van der Waals surface area (Å²) < 4.78 is 0. The van der Waals surface area contributed by atoms with E-state index in [1.54, 1.807) is 24.5 Å². The van der Waals surface area contributed by atoms with Gasteiger partial charge in [-0.2, -0.15) is 0 Å². The molecule has 1 aromatic carbocycles. The molecule has 1 aliphatic rings. The van der Waals surface area contributed by atoms with Crippen LogP contribution in [0.5, 0.6) is 0 Å². The molecule has 1 amide bonds. The third kappa shape index (κ3) is 5.79. The van der Waals surface area contributed by atoms with Crippen molar-refractivity contribution in [3.8, 4) is 0 Å². The van der Waals surface area contributed by atoms with Crippen LogP contribution in [-0.4, -0.2) is 43.0 Å². The van der Waals surface area contributed by atoms with E-state index in [9.17, 15) is 4.79 Å². The van der Waals surface area contributed by atoms with Gasteiger partial charge in [0.1, 0.15) is 0 Å². The number of aromatic nitrogens is 1. The van der Waals surface area contributed by atoms with Gasteiger partial charge in [-0.25, -0.2) is 0 Å². The summed E-state index contributed by atoms with van der Waals surface area (Å²) in [5.41, 5.74) is 2.10. The van der Waals surface area contributed by atoms with Crippen LogP contribution in [0.3, 0.4) is 0 Å². The standard InChI is InChI=1S/C23H31N5O/c1-2-25-22(27-16-15-26-21(29)19-9-8-14-24-17-19)28-18-23(12-6-7-13-23)20-10-4-3-5-11-20/h3-5,8-11,14,17H,2,6-7,12-13,15-16,18H2,1H3,(H,26,29)(H2,25,27,28). The van der Waals surface area contributed by atoms with Crippen LogP contribution >= 0.6 is 0 Å². The zero-order valence-electron chi connectivity index (χ0n) is 17.2. The van der Waals surface area contributed by atoms with Crippen molar-refractivity contribution >= 4 is 11.9 Å². The molecule has 29 heavy (non-hydrogen) atoms. The van der Waals surface area contributed by atoms with Gasteiger partial charge in [0.25, 0.3) is 5.91 Å². The minimum atomic E-state index is -0.115. The van der Waals surface area contributed by atoms with Gasteiger partial charge in [0, 0.05) is 37.4 Å². The quantitative estimate of drug-likeness (QED) is 0.366. The minimum absolute atomic E-state index is 0.115. The fourth-order valence-electron chi connectivity index (χ4n) is 3.91. The number of hydrogen-bond donors (Lipinski definition) is 3. The molecule has 6 heteroatoms. The summed E-state index contributed by atoms with van der Waals surface area (Å²) in [4.78, 5) is 21.0. The first-order valence-electron chi connectivity index (χ1n) is 10.5. The number of rotatable bonds is 8. The van der Waals surface area contributed by atoms with Crippen molar-refractivity contribution < 1.29 is 4.79 Å². The van der Waals surface area contributed by atoms with Gasteiger partial charge in [-0.1, -0.05) is 43.2 Å². The Hall–Kier alpha value is -2.89. The van der Waals surface area contributed by atoms with E-state index in [2.05, 4.69) is 58.2 Å². The average molecular weight is 394 g/mol. The highest BCUT2D eigenvalue weighted by atomic mass is 16.1. The van der Waals surface area contributed by atoms with Crippen molar-refractivity contribution in [1.29, 1.82) is 0 Å². The fraction of sp³-hybridized carbons (Fsp3) is 0.435. The van der Waals surface area contributed by atoms with Crippen molar-refractivity contribution in [2.75, 3.05) is 26.2 Å². The van der Waals surface area contributed by atoms with Crippen LogP contribution in [-0.2, 0) is 5.41 Å². The van der Waals surface area contributed by atoms with Crippen molar-refractivity contribution in [1.82, 2.24) is 20.9 Å². The largest absolute Gasteiger partial charge is 0.357 e. The molecular weight excluding hydrogens is 362 g/mol. The first kappa shape index (κ1) is 20.8. The molecule has 154 valence electrons. The van der Waals surface area contributed by atoms with Gasteiger partial charge in [-0.05, 0) is 37.5 Å². The highest BCUT2D eigenvalue weighted by Crippen LogP contribution is 2.41. The fourth-order valence-corrected chi connectivity index (χ4v) is 3.91. The molecule has 1 aliphatic carbocycles. The summed E-state index contributed by atoms with van der Waals surface area (Å²) in [6, 6.07) is 14.3. The molecular formula is C23H31N5O. The van der Waals surface area contributed by atoms with E-state index in [4.69, 9.17) is 4.99 Å². The number of aliphatic imine (C=N–C) groups is 1. The molecule has 0 unspecified atom stereocenters. The number of hydrogen-bond acceptors (Lipinski definition) is 3. The Balaban J connectivity index is 1.54. The SMILES string of the molecule is CCNC(=NCC1(c2ccccc2)CCCC1)NCCNC(=O)c1cccnc1. The van der Waals surface area contributed by atoms with Crippen LogP contribution < -0.4 is 16.0 Å². The molecule has 2 aromatic rings. The van der Waals surface area contributed by atoms with Crippen LogP contribution in [0.15, 0.2) is 59.9 Å². The van der Waals surface area contributed by atoms with Gasteiger partial charge in [0.2, 0.25) is 0 Å². The maximum Gasteiger partial charge on any atom is 0.252 e. The Morgan fingerprint density at radius 2 is 1.79 bits per heavy atom. The number of carbonyl (C=O) groups excluding carboxylic acids is 1. The number of nitrogens with zero attached hydrogens (tertiary/aromatic N) is 2. The second-order valence-corrected chi connectivity index (χ2v) is 7.47. The Kier molecular flexibility index (Phi) is 7.61. The molecule has 1 aromatic heterocycles. The Morgan fingerprint density at radius 1 is 1.03 bits per heavy atom. The first-order chi connectivity index (χ1) is 14.2. The van der Waals surface area contributed by atoms with E-state index < -0.39 is 0 Å². The summed E-state index contributed by atoms with van der Waals surface area (Å²) in [5, 5.41) is 9.54. The molecule has 3 N–H and O–H groups in total. The van der Waals surface area contributed by atoms with Gasteiger partial charge in [-0.15, -0.1) is 0 Å². The lowest BCUT2D eigenvalue weighted by Crippen LogP contribution is -2.42. The molecule has 1 heterocycles. The average Bonchev–Trinajstić information content (AvgIpc) is 3.26. The van der Waals surface area contributed by atoms with Crippen LogP contribution in [0.1, 0.15) is 48.5 Å². The first-order valence-corrected chi connectivity index (χ1v) is 10.5. The molecule has 0 spiro atoms. The third-order valence-electron chi connectivity index (χ3n) is 5.46. The molecule has 1 fully saturated rings. The van der Waals surface area contributed by atoms with Gasteiger partial charge in [-0.3, -0.25) is 14.8 Å². The molecule has 3 rings (SSSR count). The Morgan fingerprint density at radius 3 is 2.48 bits per heavy atom. The lowest BCUT2D eigenvalue weighted by Gasteiger charge is -2.28. The maximum atomic E-state index is 12.1. The van der Waals surface area contributed by atoms with Gasteiger partial charge in [0.05, 0.1) is 12.1 Å². The smallest absolute Gasteiger partial charge is 0.252 e. The summed E-state index contributed by atoms with van der Waals surface area (Å²) in [7, 11) is 0. The minimum Gasteiger partial charge on any atom is -0.357 e.